The molecule has 0 radical (unpaired) electrons. The van der Waals surface area contributed by atoms with Crippen molar-refractivity contribution >= 4 is 12.1 Å². The van der Waals surface area contributed by atoms with E-state index < -0.39 is 11.6 Å². The van der Waals surface area contributed by atoms with E-state index in [1.807, 2.05) is 20.8 Å². The van der Waals surface area contributed by atoms with Gasteiger partial charge in [-0.25, -0.2) is 4.79 Å². The minimum atomic E-state index is -1.13. The first-order valence-corrected chi connectivity index (χ1v) is 6.21. The van der Waals surface area contributed by atoms with Gasteiger partial charge in [-0.05, 0) is 45.6 Å². The Bertz CT molecular complexity index is 408. The number of hydrogen-bond donors (Lipinski definition) is 0. The Kier molecular flexibility index (Phi) is 3.09. The lowest BCUT2D eigenvalue weighted by molar-refractivity contribution is -0.299. The molecule has 2 aliphatic heterocycles. The van der Waals surface area contributed by atoms with Crippen LogP contribution in [0.25, 0.3) is 0 Å². The maximum atomic E-state index is 12.1. The Balaban J connectivity index is 2.13. The molecule has 5 heteroatoms. The van der Waals surface area contributed by atoms with Crippen LogP contribution in [-0.4, -0.2) is 34.6 Å². The predicted octanol–water partition coefficient (Wildman–Crippen LogP) is 0.834. The van der Waals surface area contributed by atoms with E-state index in [1.54, 1.807) is 11.0 Å². The summed E-state index contributed by atoms with van der Waals surface area (Å²) in [5, 5.41) is 10.9. The van der Waals surface area contributed by atoms with Gasteiger partial charge in [0.05, 0.1) is 12.0 Å². The molecule has 0 N–H and O–H groups in total. The number of carboxylic acid groups (broad SMARTS) is 1. The smallest absolute Gasteiger partial charge is 0.411 e. The van der Waals surface area contributed by atoms with Gasteiger partial charge < -0.3 is 14.6 Å². The number of carboxylic acids is 1. The minimum absolute atomic E-state index is 0.0669. The Hall–Kier alpha value is -1.52. The molecule has 18 heavy (non-hydrogen) atoms. The monoisotopic (exact) mass is 252 g/mol. The highest BCUT2D eigenvalue weighted by Crippen LogP contribution is 2.35. The van der Waals surface area contributed by atoms with Crippen LogP contribution in [0.3, 0.4) is 0 Å². The molecular formula is C13H18NO4-. The molecule has 0 saturated carbocycles. The second-order valence-electron chi connectivity index (χ2n) is 5.87. The summed E-state index contributed by atoms with van der Waals surface area (Å²) in [6.45, 7) is 5.46. The van der Waals surface area contributed by atoms with E-state index in [0.717, 1.165) is 12.8 Å². The van der Waals surface area contributed by atoms with Crippen molar-refractivity contribution in [1.29, 1.82) is 0 Å². The average Bonchev–Trinajstić information content (AvgIpc) is 2.47. The average molecular weight is 252 g/mol. The second-order valence-corrected chi connectivity index (χ2v) is 5.87. The summed E-state index contributed by atoms with van der Waals surface area (Å²) >= 11 is 0. The van der Waals surface area contributed by atoms with Crippen LogP contribution in [0.2, 0.25) is 0 Å². The SMILES string of the molecule is CC(C)(C)OC(=O)N1C2C=C(C(=O)[O-])CC1CC2. The highest BCUT2D eigenvalue weighted by atomic mass is 16.6. The zero-order valence-corrected chi connectivity index (χ0v) is 10.9. The summed E-state index contributed by atoms with van der Waals surface area (Å²) < 4.78 is 5.35. The zero-order valence-electron chi connectivity index (χ0n) is 10.9. The lowest BCUT2D eigenvalue weighted by Gasteiger charge is -2.35. The van der Waals surface area contributed by atoms with Crippen molar-refractivity contribution in [1.82, 2.24) is 4.90 Å². The quantitative estimate of drug-likeness (QED) is 0.693. The number of nitrogens with zero attached hydrogens (tertiary/aromatic N) is 1. The normalized spacial score (nSPS) is 26.8. The molecule has 0 aromatic rings. The van der Waals surface area contributed by atoms with Crippen LogP contribution in [0.1, 0.15) is 40.0 Å². The number of carbonyl (C=O) groups excluding carboxylic acids is 2. The van der Waals surface area contributed by atoms with Crippen molar-refractivity contribution in [2.45, 2.75) is 57.7 Å². The Morgan fingerprint density at radius 1 is 1.39 bits per heavy atom. The third-order valence-corrected chi connectivity index (χ3v) is 3.26. The van der Waals surface area contributed by atoms with Gasteiger partial charge in [0.25, 0.3) is 0 Å². The van der Waals surface area contributed by atoms with Gasteiger partial charge in [-0.3, -0.25) is 4.90 Å². The molecule has 1 saturated heterocycles. The number of hydrogen-bond acceptors (Lipinski definition) is 4. The van der Waals surface area contributed by atoms with Gasteiger partial charge in [-0.1, -0.05) is 6.08 Å². The van der Waals surface area contributed by atoms with Crippen LogP contribution in [0, 0.1) is 0 Å². The molecule has 2 atom stereocenters. The largest absolute Gasteiger partial charge is 0.545 e. The molecule has 0 spiro atoms. The van der Waals surface area contributed by atoms with E-state index in [4.69, 9.17) is 4.74 Å². The maximum Gasteiger partial charge on any atom is 0.411 e. The topological polar surface area (TPSA) is 69.7 Å². The zero-order chi connectivity index (χ0) is 13.5. The number of ether oxygens (including phenoxy) is 1. The van der Waals surface area contributed by atoms with Crippen molar-refractivity contribution in [3.63, 3.8) is 0 Å². The third kappa shape index (κ3) is 2.49. The molecule has 2 heterocycles. The highest BCUT2D eigenvalue weighted by Gasteiger charge is 2.41. The van der Waals surface area contributed by atoms with Crippen LogP contribution in [0.4, 0.5) is 4.79 Å². The summed E-state index contributed by atoms with van der Waals surface area (Å²) in [5.41, 5.74) is -0.225. The number of carbonyl (C=O) groups is 2. The summed E-state index contributed by atoms with van der Waals surface area (Å²) in [6.07, 6.45) is 3.24. The van der Waals surface area contributed by atoms with Crippen molar-refractivity contribution in [3.05, 3.63) is 11.6 Å². The Labute approximate surface area is 106 Å². The molecule has 100 valence electrons. The van der Waals surface area contributed by atoms with Crippen molar-refractivity contribution in [3.8, 4) is 0 Å². The van der Waals surface area contributed by atoms with Gasteiger partial charge in [0.15, 0.2) is 0 Å². The van der Waals surface area contributed by atoms with Gasteiger partial charge >= 0.3 is 6.09 Å². The van der Waals surface area contributed by atoms with Gasteiger partial charge in [-0.2, -0.15) is 0 Å². The van der Waals surface area contributed by atoms with Gasteiger partial charge in [0, 0.05) is 6.04 Å². The fourth-order valence-corrected chi connectivity index (χ4v) is 2.58. The molecular weight excluding hydrogens is 234 g/mol. The third-order valence-electron chi connectivity index (χ3n) is 3.26. The molecule has 2 aliphatic rings. The van der Waals surface area contributed by atoms with Gasteiger partial charge in [-0.15, -0.1) is 0 Å². The van der Waals surface area contributed by atoms with Crippen molar-refractivity contribution in [2.75, 3.05) is 0 Å². The molecule has 1 fully saturated rings. The van der Waals surface area contributed by atoms with Gasteiger partial charge in [0.1, 0.15) is 5.60 Å². The fraction of sp³-hybridized carbons (Fsp3) is 0.692. The van der Waals surface area contributed by atoms with E-state index in [1.165, 1.54) is 0 Å². The first-order chi connectivity index (χ1) is 8.28. The minimum Gasteiger partial charge on any atom is -0.545 e. The maximum absolute atomic E-state index is 12.1. The lowest BCUT2D eigenvalue weighted by Crippen LogP contribution is -2.47. The first-order valence-electron chi connectivity index (χ1n) is 6.21. The second kappa shape index (κ2) is 4.30. The Morgan fingerprint density at radius 2 is 2.06 bits per heavy atom. The van der Waals surface area contributed by atoms with Crippen LogP contribution in [-0.2, 0) is 9.53 Å². The van der Waals surface area contributed by atoms with E-state index >= 15 is 0 Å². The number of rotatable bonds is 1. The molecule has 0 aromatic carbocycles. The molecule has 1 amide bonds. The molecule has 2 bridgehead atoms. The first kappa shape index (κ1) is 12.9. The number of amides is 1. The van der Waals surface area contributed by atoms with E-state index in [0.29, 0.717) is 12.0 Å². The summed E-state index contributed by atoms with van der Waals surface area (Å²) in [6, 6.07) is -0.228. The molecule has 2 rings (SSSR count). The van der Waals surface area contributed by atoms with Gasteiger partial charge in [0.2, 0.25) is 0 Å². The van der Waals surface area contributed by atoms with Crippen LogP contribution in [0.15, 0.2) is 11.6 Å². The van der Waals surface area contributed by atoms with Crippen LogP contribution >= 0.6 is 0 Å². The summed E-state index contributed by atoms with van der Waals surface area (Å²) in [7, 11) is 0. The van der Waals surface area contributed by atoms with E-state index in [2.05, 4.69) is 0 Å². The Morgan fingerprint density at radius 3 is 2.56 bits per heavy atom. The predicted molar refractivity (Wildman–Crippen MR) is 62.6 cm³/mol. The van der Waals surface area contributed by atoms with Crippen LogP contribution in [0.5, 0.6) is 0 Å². The van der Waals surface area contributed by atoms with E-state index in [-0.39, 0.29) is 18.2 Å². The fourth-order valence-electron chi connectivity index (χ4n) is 2.58. The number of fused-ring (bicyclic) bond motifs is 2. The molecule has 0 aromatic heterocycles. The molecule has 0 aliphatic carbocycles. The van der Waals surface area contributed by atoms with Crippen molar-refractivity contribution in [2.24, 2.45) is 0 Å². The standard InChI is InChI=1S/C13H19NO4/c1-13(2,3)18-12(17)14-9-4-5-10(14)7-8(6-9)11(15)16/h6,9-10H,4-5,7H2,1-3H3,(H,15,16)/p-1. The number of aliphatic carboxylic acids is 1. The van der Waals surface area contributed by atoms with Crippen LogP contribution < -0.4 is 5.11 Å². The molecule has 2 unspecified atom stereocenters. The lowest BCUT2D eigenvalue weighted by atomic mass is 10.0. The highest BCUT2D eigenvalue weighted by molar-refractivity contribution is 5.86. The molecule has 5 nitrogen and oxygen atoms in total. The summed E-state index contributed by atoms with van der Waals surface area (Å²) in [4.78, 5) is 24.6. The van der Waals surface area contributed by atoms with E-state index in [9.17, 15) is 14.7 Å². The van der Waals surface area contributed by atoms with Crippen molar-refractivity contribution < 1.29 is 19.4 Å². The summed E-state index contributed by atoms with van der Waals surface area (Å²) in [5.74, 6) is -1.13.